The zero-order valence-corrected chi connectivity index (χ0v) is 10.4. The van der Waals surface area contributed by atoms with Crippen molar-refractivity contribution in [3.8, 4) is 11.8 Å². The second-order valence-electron chi connectivity index (χ2n) is 4.23. The molecule has 1 aliphatic rings. The maximum atomic E-state index is 12.8. The molecule has 0 amide bonds. The lowest BCUT2D eigenvalue weighted by Crippen LogP contribution is -2.32. The van der Waals surface area contributed by atoms with Gasteiger partial charge in [0.05, 0.1) is 5.02 Å². The van der Waals surface area contributed by atoms with Crippen LogP contribution in [0, 0.1) is 17.1 Å². The van der Waals surface area contributed by atoms with Gasteiger partial charge in [-0.2, -0.15) is 5.26 Å². The van der Waals surface area contributed by atoms with Gasteiger partial charge in [-0.25, -0.2) is 4.39 Å². The molecule has 1 atom stereocenters. The van der Waals surface area contributed by atoms with E-state index in [4.69, 9.17) is 26.4 Å². The van der Waals surface area contributed by atoms with Gasteiger partial charge in [0.25, 0.3) is 0 Å². The van der Waals surface area contributed by atoms with Crippen LogP contribution in [0.3, 0.4) is 0 Å². The van der Waals surface area contributed by atoms with Crippen LogP contribution in [0.2, 0.25) is 5.02 Å². The highest BCUT2D eigenvalue weighted by atomic mass is 35.5. The number of hydrogen-bond donors (Lipinski definition) is 0. The van der Waals surface area contributed by atoms with Gasteiger partial charge in [0.1, 0.15) is 24.2 Å². The van der Waals surface area contributed by atoms with Crippen LogP contribution < -0.4 is 4.74 Å². The highest BCUT2D eigenvalue weighted by molar-refractivity contribution is 6.32. The molecule has 94 valence electrons. The molecule has 0 fully saturated rings. The van der Waals surface area contributed by atoms with E-state index in [1.807, 2.05) is 6.07 Å². The maximum absolute atomic E-state index is 12.8. The Morgan fingerprint density at radius 3 is 3.06 bits per heavy atom. The molecule has 6 heteroatoms. The van der Waals surface area contributed by atoms with Crippen LogP contribution in [-0.2, 0) is 4.84 Å². The first-order valence-electron chi connectivity index (χ1n) is 5.25. The molecule has 18 heavy (non-hydrogen) atoms. The number of hydrogen-bond acceptors (Lipinski definition) is 4. The van der Waals surface area contributed by atoms with Crippen molar-refractivity contribution in [1.82, 2.24) is 0 Å². The summed E-state index contributed by atoms with van der Waals surface area (Å²) >= 11 is 5.83. The lowest BCUT2D eigenvalue weighted by atomic mass is 10.0. The number of nitriles is 1. The summed E-state index contributed by atoms with van der Waals surface area (Å²) in [7, 11) is 0. The minimum absolute atomic E-state index is 0.174. The lowest BCUT2D eigenvalue weighted by Gasteiger charge is -2.21. The second-order valence-corrected chi connectivity index (χ2v) is 4.64. The Morgan fingerprint density at radius 1 is 1.67 bits per heavy atom. The Balaban J connectivity index is 1.99. The smallest absolute Gasteiger partial charge is 0.175 e. The minimum Gasteiger partial charge on any atom is -0.488 e. The summed E-state index contributed by atoms with van der Waals surface area (Å²) in [6, 6.07) is 5.81. The molecule has 2 rings (SSSR count). The molecule has 0 radical (unpaired) electrons. The van der Waals surface area contributed by atoms with E-state index in [-0.39, 0.29) is 11.6 Å². The average Bonchev–Trinajstić information content (AvgIpc) is 2.71. The second kappa shape index (κ2) is 4.83. The summed E-state index contributed by atoms with van der Waals surface area (Å²) in [6.07, 6.45) is 0.377. The predicted molar refractivity (Wildman–Crippen MR) is 64.1 cm³/mol. The molecule has 0 aliphatic carbocycles. The van der Waals surface area contributed by atoms with Gasteiger partial charge in [-0.1, -0.05) is 16.8 Å². The third kappa shape index (κ3) is 2.71. The SMILES string of the molecule is CC1(COc2ccc(F)cc2Cl)CC(C#N)=NO1. The summed E-state index contributed by atoms with van der Waals surface area (Å²) < 4.78 is 18.3. The number of nitrogens with zero attached hydrogens (tertiary/aromatic N) is 2. The molecule has 0 spiro atoms. The number of oxime groups is 1. The van der Waals surface area contributed by atoms with Crippen LogP contribution in [0.25, 0.3) is 0 Å². The van der Waals surface area contributed by atoms with Gasteiger partial charge in [0.15, 0.2) is 11.3 Å². The minimum atomic E-state index is -0.692. The zero-order valence-electron chi connectivity index (χ0n) is 9.61. The topological polar surface area (TPSA) is 54.6 Å². The van der Waals surface area contributed by atoms with Gasteiger partial charge in [0, 0.05) is 6.42 Å². The van der Waals surface area contributed by atoms with Gasteiger partial charge >= 0.3 is 0 Å². The fraction of sp³-hybridized carbons (Fsp3) is 0.333. The predicted octanol–water partition coefficient (Wildman–Crippen LogP) is 2.92. The van der Waals surface area contributed by atoms with Crippen molar-refractivity contribution in [2.24, 2.45) is 5.16 Å². The molecule has 0 saturated heterocycles. The number of halogens is 2. The van der Waals surface area contributed by atoms with Gasteiger partial charge in [0.2, 0.25) is 0 Å². The van der Waals surface area contributed by atoms with E-state index in [9.17, 15) is 4.39 Å². The quantitative estimate of drug-likeness (QED) is 0.847. The molecule has 1 aromatic carbocycles. The first-order chi connectivity index (χ1) is 8.52. The van der Waals surface area contributed by atoms with E-state index in [1.165, 1.54) is 18.2 Å². The third-order valence-electron chi connectivity index (χ3n) is 2.47. The Morgan fingerprint density at radius 2 is 2.44 bits per heavy atom. The first kappa shape index (κ1) is 12.7. The number of rotatable bonds is 3. The van der Waals surface area contributed by atoms with E-state index in [0.29, 0.717) is 17.9 Å². The van der Waals surface area contributed by atoms with Crippen molar-refractivity contribution in [1.29, 1.82) is 5.26 Å². The largest absolute Gasteiger partial charge is 0.488 e. The van der Waals surface area contributed by atoms with E-state index < -0.39 is 11.4 Å². The van der Waals surface area contributed by atoms with Crippen molar-refractivity contribution in [3.63, 3.8) is 0 Å². The Kier molecular flexibility index (Phi) is 3.39. The van der Waals surface area contributed by atoms with E-state index in [1.54, 1.807) is 6.92 Å². The average molecular weight is 269 g/mol. The Labute approximate surface area is 109 Å². The highest BCUT2D eigenvalue weighted by Crippen LogP contribution is 2.28. The van der Waals surface area contributed by atoms with Crippen molar-refractivity contribution in [2.45, 2.75) is 18.9 Å². The molecule has 0 bridgehead atoms. The summed E-state index contributed by atoms with van der Waals surface area (Å²) in [5, 5.41) is 12.5. The van der Waals surface area contributed by atoms with E-state index in [2.05, 4.69) is 5.16 Å². The molecular formula is C12H10ClFN2O2. The van der Waals surface area contributed by atoms with Gasteiger partial charge in [-0.15, -0.1) is 0 Å². The van der Waals surface area contributed by atoms with Crippen LogP contribution in [-0.4, -0.2) is 17.9 Å². The molecule has 1 aromatic rings. The van der Waals surface area contributed by atoms with Crippen LogP contribution in [0.1, 0.15) is 13.3 Å². The number of ether oxygens (including phenoxy) is 1. The monoisotopic (exact) mass is 268 g/mol. The van der Waals surface area contributed by atoms with Crippen molar-refractivity contribution >= 4 is 17.3 Å². The van der Waals surface area contributed by atoms with Crippen molar-refractivity contribution in [2.75, 3.05) is 6.61 Å². The standard InChI is InChI=1S/C12H10ClFN2O2/c1-12(5-9(6-15)16-18-12)7-17-11-3-2-8(14)4-10(11)13/h2-4H,5,7H2,1H3. The van der Waals surface area contributed by atoms with Crippen molar-refractivity contribution < 1.29 is 14.0 Å². The van der Waals surface area contributed by atoms with Crippen LogP contribution in [0.5, 0.6) is 5.75 Å². The summed E-state index contributed by atoms with van der Waals surface area (Å²) in [6.45, 7) is 1.95. The van der Waals surface area contributed by atoms with E-state index >= 15 is 0 Å². The molecule has 0 saturated carbocycles. The lowest BCUT2D eigenvalue weighted by molar-refractivity contribution is -0.0356. The van der Waals surface area contributed by atoms with Gasteiger partial charge < -0.3 is 9.57 Å². The van der Waals surface area contributed by atoms with Crippen LogP contribution in [0.4, 0.5) is 4.39 Å². The molecule has 0 N–H and O–H groups in total. The molecule has 1 unspecified atom stereocenters. The Hall–Kier alpha value is -1.80. The molecule has 4 nitrogen and oxygen atoms in total. The molecular weight excluding hydrogens is 259 g/mol. The Bertz CT molecular complexity index is 541. The maximum Gasteiger partial charge on any atom is 0.175 e. The summed E-state index contributed by atoms with van der Waals surface area (Å²) in [4.78, 5) is 5.15. The fourth-order valence-corrected chi connectivity index (χ4v) is 1.77. The van der Waals surface area contributed by atoms with Gasteiger partial charge in [-0.05, 0) is 25.1 Å². The normalized spacial score (nSPS) is 22.0. The number of benzene rings is 1. The van der Waals surface area contributed by atoms with Gasteiger partial charge in [-0.3, -0.25) is 0 Å². The first-order valence-corrected chi connectivity index (χ1v) is 5.63. The third-order valence-corrected chi connectivity index (χ3v) is 2.77. The highest BCUT2D eigenvalue weighted by Gasteiger charge is 2.35. The summed E-state index contributed by atoms with van der Waals surface area (Å²) in [5.74, 6) is -0.0564. The molecule has 1 aliphatic heterocycles. The van der Waals surface area contributed by atoms with E-state index in [0.717, 1.165) is 0 Å². The van der Waals surface area contributed by atoms with Crippen LogP contribution >= 0.6 is 11.6 Å². The molecule has 1 heterocycles. The zero-order chi connectivity index (χ0) is 13.2. The van der Waals surface area contributed by atoms with Crippen molar-refractivity contribution in [3.05, 3.63) is 29.0 Å². The van der Waals surface area contributed by atoms with Crippen LogP contribution in [0.15, 0.2) is 23.4 Å². The molecule has 0 aromatic heterocycles. The summed E-state index contributed by atoms with van der Waals surface area (Å²) in [5.41, 5.74) is -0.366. The fourth-order valence-electron chi connectivity index (χ4n) is 1.54.